The van der Waals surface area contributed by atoms with Gasteiger partial charge in [-0.25, -0.2) is 9.78 Å². The van der Waals surface area contributed by atoms with Gasteiger partial charge in [-0.3, -0.25) is 4.79 Å². The third-order valence-corrected chi connectivity index (χ3v) is 7.76. The summed E-state index contributed by atoms with van der Waals surface area (Å²) in [6.07, 6.45) is 3.52. The minimum absolute atomic E-state index is 0.134. The van der Waals surface area contributed by atoms with Gasteiger partial charge >= 0.3 is 5.97 Å². The molecule has 3 heterocycles. The number of anilines is 2. The molecule has 2 N–H and O–H groups in total. The van der Waals surface area contributed by atoms with Crippen LogP contribution in [0.5, 0.6) is 0 Å². The van der Waals surface area contributed by atoms with Gasteiger partial charge in [0, 0.05) is 37.4 Å². The van der Waals surface area contributed by atoms with Crippen LogP contribution in [0.2, 0.25) is 10.0 Å². The molecule has 0 saturated carbocycles. The second-order valence-corrected chi connectivity index (χ2v) is 10.6. The van der Waals surface area contributed by atoms with E-state index in [1.807, 2.05) is 24.3 Å². The lowest BCUT2D eigenvalue weighted by atomic mass is 9.93. The topological polar surface area (TPSA) is 83.6 Å². The maximum atomic E-state index is 12.8. The monoisotopic (exact) mass is 552 g/mol. The van der Waals surface area contributed by atoms with E-state index in [0.29, 0.717) is 5.92 Å². The number of nitrogens with zero attached hydrogens (tertiary/aromatic N) is 2. The lowest BCUT2D eigenvalue weighted by molar-refractivity contribution is -0.142. The molecule has 0 unspecified atom stereocenters. The summed E-state index contributed by atoms with van der Waals surface area (Å²) in [6.45, 7) is 2.95. The van der Waals surface area contributed by atoms with Gasteiger partial charge in [0.05, 0.1) is 22.7 Å². The first-order valence-electron chi connectivity index (χ1n) is 12.8. The van der Waals surface area contributed by atoms with Crippen LogP contribution in [0.25, 0.3) is 0 Å². The number of hydrogen-bond acceptors (Lipinski definition) is 6. The number of carbonyl (C=O) groups is 2. The molecule has 3 aromatic rings. The highest BCUT2D eigenvalue weighted by Crippen LogP contribution is 2.29. The molecule has 7 nitrogen and oxygen atoms in total. The predicted molar refractivity (Wildman–Crippen MR) is 150 cm³/mol. The molecule has 1 atom stereocenters. The number of hydrogen-bond donors (Lipinski definition) is 2. The average Bonchev–Trinajstić information content (AvgIpc) is 2.90. The fourth-order valence-electron chi connectivity index (χ4n) is 5.05. The van der Waals surface area contributed by atoms with Crippen molar-refractivity contribution in [3.8, 4) is 0 Å². The zero-order chi connectivity index (χ0) is 26.6. The van der Waals surface area contributed by atoms with Crippen LogP contribution in [-0.4, -0.2) is 49.6 Å². The van der Waals surface area contributed by atoms with Crippen molar-refractivity contribution in [2.75, 3.05) is 37.0 Å². The Morgan fingerprint density at radius 1 is 1.11 bits per heavy atom. The van der Waals surface area contributed by atoms with Gasteiger partial charge in [0.25, 0.3) is 5.91 Å². The van der Waals surface area contributed by atoms with Gasteiger partial charge in [0.2, 0.25) is 0 Å². The molecule has 1 saturated heterocycles. The molecule has 198 valence electrons. The van der Waals surface area contributed by atoms with Crippen LogP contribution in [0.4, 0.5) is 11.5 Å². The quantitative estimate of drug-likeness (QED) is 0.385. The number of amides is 1. The Bertz CT molecular complexity index is 1310. The van der Waals surface area contributed by atoms with Crippen molar-refractivity contribution in [1.29, 1.82) is 0 Å². The molecular formula is C29H30Cl2N4O3. The fraction of sp³-hybridized carbons (Fsp3) is 0.345. The second kappa shape index (κ2) is 11.6. The number of carbonyl (C=O) groups excluding carboxylic acids is 2. The van der Waals surface area contributed by atoms with Crippen molar-refractivity contribution in [2.45, 2.75) is 31.7 Å². The maximum absolute atomic E-state index is 12.8. The summed E-state index contributed by atoms with van der Waals surface area (Å²) in [5.74, 6) is 0.557. The number of pyridine rings is 1. The fourth-order valence-corrected chi connectivity index (χ4v) is 5.62. The van der Waals surface area contributed by atoms with E-state index in [9.17, 15) is 9.59 Å². The Morgan fingerprint density at radius 3 is 2.55 bits per heavy atom. The molecule has 5 rings (SSSR count). The molecule has 38 heavy (non-hydrogen) atoms. The number of rotatable bonds is 8. The van der Waals surface area contributed by atoms with Crippen LogP contribution in [0.15, 0.2) is 54.6 Å². The van der Waals surface area contributed by atoms with Crippen molar-refractivity contribution >= 4 is 46.6 Å². The van der Waals surface area contributed by atoms with Gasteiger partial charge in [0.15, 0.2) is 0 Å². The van der Waals surface area contributed by atoms with Gasteiger partial charge in [0.1, 0.15) is 11.9 Å². The zero-order valence-corrected chi connectivity index (χ0v) is 22.7. The minimum atomic E-state index is -0.877. The predicted octanol–water partition coefficient (Wildman–Crippen LogP) is 4.94. The van der Waals surface area contributed by atoms with Crippen molar-refractivity contribution in [2.24, 2.45) is 5.92 Å². The number of ether oxygens (including phenoxy) is 1. The van der Waals surface area contributed by atoms with E-state index in [4.69, 9.17) is 32.9 Å². The van der Waals surface area contributed by atoms with E-state index < -0.39 is 17.9 Å². The maximum Gasteiger partial charge on any atom is 0.328 e. The number of fused-ring (bicyclic) bond motifs is 1. The highest BCUT2D eigenvalue weighted by Gasteiger charge is 2.28. The third-order valence-electron chi connectivity index (χ3n) is 7.13. The van der Waals surface area contributed by atoms with Gasteiger partial charge in [-0.1, -0.05) is 47.5 Å². The van der Waals surface area contributed by atoms with Crippen molar-refractivity contribution in [3.63, 3.8) is 0 Å². The van der Waals surface area contributed by atoms with Crippen LogP contribution in [0.1, 0.15) is 33.6 Å². The lowest BCUT2D eigenvalue weighted by Gasteiger charge is -2.41. The average molecular weight is 553 g/mol. The number of methoxy groups -OCH3 is 1. The van der Waals surface area contributed by atoms with E-state index in [-0.39, 0.29) is 22.0 Å². The Hall–Kier alpha value is -3.29. The molecule has 1 amide bonds. The van der Waals surface area contributed by atoms with Crippen molar-refractivity contribution in [1.82, 2.24) is 10.3 Å². The molecule has 0 spiro atoms. The molecule has 0 radical (unpaired) electrons. The van der Waals surface area contributed by atoms with E-state index >= 15 is 0 Å². The standard InChI is InChI=1S/C29H30Cl2N4O3/c1-38-29(37)25(34-28(36)26-23(30)5-2-6-24(26)31)15-18-7-11-22(12-8-18)35-16-19(17-35)14-21-10-9-20-4-3-13-32-27(20)33-21/h2,5-12,19,25H,3-4,13-17H2,1H3,(H,32,33)(H,34,36)/t25-/m0/s1. The van der Waals surface area contributed by atoms with Gasteiger partial charge < -0.3 is 20.3 Å². The van der Waals surface area contributed by atoms with Gasteiger partial charge in [-0.2, -0.15) is 0 Å². The second-order valence-electron chi connectivity index (χ2n) is 9.83. The van der Waals surface area contributed by atoms with Crippen molar-refractivity contribution < 1.29 is 14.3 Å². The van der Waals surface area contributed by atoms with E-state index in [1.165, 1.54) is 19.1 Å². The largest absolute Gasteiger partial charge is 0.467 e. The van der Waals surface area contributed by atoms with Gasteiger partial charge in [-0.05, 0) is 66.6 Å². The van der Waals surface area contributed by atoms with E-state index in [0.717, 1.165) is 55.2 Å². The molecular weight excluding hydrogens is 523 g/mol. The Kier molecular flexibility index (Phi) is 8.05. The molecule has 1 fully saturated rings. The normalized spacial score (nSPS) is 15.6. The zero-order valence-electron chi connectivity index (χ0n) is 21.2. The van der Waals surface area contributed by atoms with Crippen LogP contribution >= 0.6 is 23.2 Å². The summed E-state index contributed by atoms with van der Waals surface area (Å²) in [5.41, 5.74) is 4.63. The minimum Gasteiger partial charge on any atom is -0.467 e. The van der Waals surface area contributed by atoms with Crippen LogP contribution in [-0.2, 0) is 28.8 Å². The summed E-state index contributed by atoms with van der Waals surface area (Å²) in [4.78, 5) is 32.4. The number of halogens is 2. The first-order valence-corrected chi connectivity index (χ1v) is 13.6. The molecule has 0 bridgehead atoms. The van der Waals surface area contributed by atoms with Crippen LogP contribution < -0.4 is 15.5 Å². The first-order chi connectivity index (χ1) is 18.4. The highest BCUT2D eigenvalue weighted by molar-refractivity contribution is 6.39. The summed E-state index contributed by atoms with van der Waals surface area (Å²) in [5, 5.41) is 6.57. The van der Waals surface area contributed by atoms with E-state index in [1.54, 1.807) is 18.2 Å². The molecule has 2 aliphatic rings. The van der Waals surface area contributed by atoms with E-state index in [2.05, 4.69) is 27.7 Å². The number of esters is 1. The van der Waals surface area contributed by atoms with Crippen LogP contribution in [0.3, 0.4) is 0 Å². The number of aromatic nitrogens is 1. The summed E-state index contributed by atoms with van der Waals surface area (Å²) in [6, 6.07) is 16.4. The summed E-state index contributed by atoms with van der Waals surface area (Å²) < 4.78 is 4.92. The number of nitrogens with one attached hydrogen (secondary N) is 2. The first kappa shape index (κ1) is 26.3. The summed E-state index contributed by atoms with van der Waals surface area (Å²) in [7, 11) is 1.30. The smallest absolute Gasteiger partial charge is 0.328 e. The molecule has 9 heteroatoms. The third kappa shape index (κ3) is 5.89. The van der Waals surface area contributed by atoms with Crippen molar-refractivity contribution in [3.05, 3.63) is 87.0 Å². The van der Waals surface area contributed by atoms with Gasteiger partial charge in [-0.15, -0.1) is 0 Å². The Balaban J connectivity index is 1.17. The lowest BCUT2D eigenvalue weighted by Crippen LogP contribution is -2.47. The number of benzene rings is 2. The van der Waals surface area contributed by atoms with Crippen LogP contribution in [0, 0.1) is 5.92 Å². The molecule has 2 aromatic carbocycles. The Morgan fingerprint density at radius 2 is 1.84 bits per heavy atom. The molecule has 1 aromatic heterocycles. The summed E-state index contributed by atoms with van der Waals surface area (Å²) >= 11 is 12.3. The molecule has 0 aliphatic carbocycles. The molecule has 2 aliphatic heterocycles. The SMILES string of the molecule is COC(=O)[C@H](Cc1ccc(N2CC(Cc3ccc4c(n3)NCCC4)C2)cc1)NC(=O)c1c(Cl)cccc1Cl. The number of aryl methyl sites for hydroxylation is 1. The highest BCUT2D eigenvalue weighted by atomic mass is 35.5. The Labute approximate surface area is 232 Å².